The van der Waals surface area contributed by atoms with Gasteiger partial charge in [0.1, 0.15) is 12.1 Å². The van der Waals surface area contributed by atoms with E-state index in [1.807, 2.05) is 30.3 Å². The minimum absolute atomic E-state index is 0.704. The Morgan fingerprint density at radius 1 is 0.852 bits per heavy atom. The Hall–Kier alpha value is -2.85. The third-order valence-corrected chi connectivity index (χ3v) is 5.48. The molecule has 0 N–H and O–H groups in total. The highest BCUT2D eigenvalue weighted by Crippen LogP contribution is 2.38. The normalized spacial score (nSPS) is 14.2. The molecule has 0 unspecified atom stereocenters. The number of para-hydroxylation sites is 1. The molecule has 1 fully saturated rings. The minimum Gasteiger partial charge on any atom is -0.356 e. The van der Waals surface area contributed by atoms with Crippen molar-refractivity contribution in [3.8, 4) is 16.8 Å². The number of hydrogen-bond donors (Lipinski definition) is 0. The summed E-state index contributed by atoms with van der Waals surface area (Å²) in [5.41, 5.74) is 4.10. The lowest BCUT2D eigenvalue weighted by atomic mass is 10.1. The van der Waals surface area contributed by atoms with Crippen molar-refractivity contribution >= 4 is 28.5 Å². The van der Waals surface area contributed by atoms with E-state index in [0.717, 1.165) is 46.8 Å². The molecule has 27 heavy (non-hydrogen) atoms. The fraction of sp³-hybridized carbons (Fsp3) is 0.182. The molecule has 1 aliphatic rings. The highest BCUT2D eigenvalue weighted by molar-refractivity contribution is 6.32. The van der Waals surface area contributed by atoms with Gasteiger partial charge in [-0.15, -0.1) is 0 Å². The summed E-state index contributed by atoms with van der Waals surface area (Å²) in [6, 6.07) is 18.3. The number of fused-ring (bicyclic) bond motifs is 1. The number of nitrogens with zero attached hydrogens (tertiary/aromatic N) is 4. The average Bonchev–Trinajstić information content (AvgIpc) is 3.37. The summed E-state index contributed by atoms with van der Waals surface area (Å²) in [5, 5.41) is 1.79. The Morgan fingerprint density at radius 3 is 2.37 bits per heavy atom. The van der Waals surface area contributed by atoms with Crippen LogP contribution in [0.3, 0.4) is 0 Å². The van der Waals surface area contributed by atoms with Crippen LogP contribution >= 0.6 is 11.6 Å². The van der Waals surface area contributed by atoms with E-state index >= 15 is 0 Å². The average molecular weight is 375 g/mol. The number of anilines is 1. The Labute approximate surface area is 163 Å². The first-order chi connectivity index (χ1) is 13.3. The summed E-state index contributed by atoms with van der Waals surface area (Å²) in [7, 11) is 0. The predicted octanol–water partition coefficient (Wildman–Crippen LogP) is 5.34. The van der Waals surface area contributed by atoms with Gasteiger partial charge in [0.15, 0.2) is 5.65 Å². The highest BCUT2D eigenvalue weighted by Gasteiger charge is 2.23. The van der Waals surface area contributed by atoms with Crippen LogP contribution in [-0.4, -0.2) is 27.6 Å². The predicted molar refractivity (Wildman–Crippen MR) is 111 cm³/mol. The van der Waals surface area contributed by atoms with Crippen molar-refractivity contribution in [2.24, 2.45) is 0 Å². The van der Waals surface area contributed by atoms with Crippen LogP contribution in [0.1, 0.15) is 12.8 Å². The quantitative estimate of drug-likeness (QED) is 0.485. The van der Waals surface area contributed by atoms with Crippen molar-refractivity contribution in [2.45, 2.75) is 12.8 Å². The Morgan fingerprint density at radius 2 is 1.59 bits per heavy atom. The van der Waals surface area contributed by atoms with Crippen LogP contribution in [0.25, 0.3) is 27.8 Å². The molecule has 4 aromatic rings. The Bertz CT molecular complexity index is 1100. The van der Waals surface area contributed by atoms with Crippen molar-refractivity contribution in [1.82, 2.24) is 14.5 Å². The van der Waals surface area contributed by atoms with E-state index in [9.17, 15) is 0 Å². The summed E-state index contributed by atoms with van der Waals surface area (Å²) in [4.78, 5) is 11.7. The molecule has 5 rings (SSSR count). The number of halogens is 1. The van der Waals surface area contributed by atoms with Crippen LogP contribution in [0.5, 0.6) is 0 Å². The van der Waals surface area contributed by atoms with Gasteiger partial charge in [-0.1, -0.05) is 54.1 Å². The molecular formula is C22H19ClN4. The molecule has 2 aromatic carbocycles. The van der Waals surface area contributed by atoms with Crippen LogP contribution in [0, 0.1) is 0 Å². The van der Waals surface area contributed by atoms with Crippen LogP contribution in [-0.2, 0) is 0 Å². The molecule has 1 saturated heterocycles. The molecule has 0 saturated carbocycles. The fourth-order valence-corrected chi connectivity index (χ4v) is 4.11. The van der Waals surface area contributed by atoms with Crippen LogP contribution in [0.4, 0.5) is 5.82 Å². The molecule has 0 amide bonds. The summed E-state index contributed by atoms with van der Waals surface area (Å²) in [5.74, 6) is 1.02. The zero-order valence-electron chi connectivity index (χ0n) is 14.8. The third kappa shape index (κ3) is 2.77. The van der Waals surface area contributed by atoms with E-state index in [1.165, 1.54) is 12.8 Å². The summed E-state index contributed by atoms with van der Waals surface area (Å²) < 4.78 is 2.08. The molecule has 1 aliphatic heterocycles. The molecule has 4 nitrogen and oxygen atoms in total. The van der Waals surface area contributed by atoms with Crippen molar-refractivity contribution in [3.63, 3.8) is 0 Å². The van der Waals surface area contributed by atoms with Crippen LogP contribution < -0.4 is 4.90 Å². The monoisotopic (exact) mass is 374 g/mol. The smallest absolute Gasteiger partial charge is 0.150 e. The lowest BCUT2D eigenvalue weighted by Gasteiger charge is -2.18. The van der Waals surface area contributed by atoms with E-state index in [4.69, 9.17) is 11.6 Å². The SMILES string of the molecule is Clc1ccccc1-n1cc(-c2ccccc2)c2c(N3CCCC3)ncnc21. The van der Waals surface area contributed by atoms with Gasteiger partial charge >= 0.3 is 0 Å². The van der Waals surface area contributed by atoms with Gasteiger partial charge in [-0.05, 0) is 30.5 Å². The first kappa shape index (κ1) is 16.3. The van der Waals surface area contributed by atoms with Gasteiger partial charge < -0.3 is 4.90 Å². The van der Waals surface area contributed by atoms with Gasteiger partial charge in [-0.3, -0.25) is 4.57 Å². The van der Waals surface area contributed by atoms with E-state index < -0.39 is 0 Å². The molecule has 2 aromatic heterocycles. The summed E-state index contributed by atoms with van der Waals surface area (Å²) >= 11 is 6.51. The molecule has 0 radical (unpaired) electrons. The molecule has 0 aliphatic carbocycles. The van der Waals surface area contributed by atoms with Crippen molar-refractivity contribution < 1.29 is 0 Å². The minimum atomic E-state index is 0.704. The summed E-state index contributed by atoms with van der Waals surface area (Å²) in [6.07, 6.45) is 6.21. The van der Waals surface area contributed by atoms with Gasteiger partial charge in [0.2, 0.25) is 0 Å². The molecule has 134 valence electrons. The number of hydrogen-bond acceptors (Lipinski definition) is 3. The zero-order chi connectivity index (χ0) is 18.2. The second-order valence-electron chi connectivity index (χ2n) is 6.82. The van der Waals surface area contributed by atoms with E-state index in [1.54, 1.807) is 6.33 Å². The van der Waals surface area contributed by atoms with Crippen molar-refractivity contribution in [1.29, 1.82) is 0 Å². The zero-order valence-corrected chi connectivity index (χ0v) is 15.6. The van der Waals surface area contributed by atoms with Gasteiger partial charge in [-0.2, -0.15) is 0 Å². The van der Waals surface area contributed by atoms with Gasteiger partial charge in [0.05, 0.1) is 16.1 Å². The maximum Gasteiger partial charge on any atom is 0.150 e. The van der Waals surface area contributed by atoms with Crippen molar-refractivity contribution in [2.75, 3.05) is 18.0 Å². The number of benzene rings is 2. The molecule has 5 heteroatoms. The van der Waals surface area contributed by atoms with E-state index in [2.05, 4.69) is 49.9 Å². The lowest BCUT2D eigenvalue weighted by Crippen LogP contribution is -2.19. The molecular weight excluding hydrogens is 356 g/mol. The number of aromatic nitrogens is 3. The topological polar surface area (TPSA) is 34.0 Å². The first-order valence-electron chi connectivity index (χ1n) is 9.24. The van der Waals surface area contributed by atoms with E-state index in [-0.39, 0.29) is 0 Å². The maximum atomic E-state index is 6.51. The molecule has 0 bridgehead atoms. The summed E-state index contributed by atoms with van der Waals surface area (Å²) in [6.45, 7) is 2.08. The van der Waals surface area contributed by atoms with Gasteiger partial charge in [-0.25, -0.2) is 9.97 Å². The molecule has 0 atom stereocenters. The van der Waals surface area contributed by atoms with Crippen LogP contribution in [0.2, 0.25) is 5.02 Å². The van der Waals surface area contributed by atoms with Crippen molar-refractivity contribution in [3.05, 3.63) is 72.1 Å². The molecule has 0 spiro atoms. The van der Waals surface area contributed by atoms with Crippen LogP contribution in [0.15, 0.2) is 67.1 Å². The third-order valence-electron chi connectivity index (χ3n) is 5.17. The standard InChI is InChI=1S/C22H19ClN4/c23-18-10-4-5-11-19(18)27-14-17(16-8-2-1-3-9-16)20-21(24-15-25-22(20)27)26-12-6-7-13-26/h1-5,8-11,14-15H,6-7,12-13H2. The van der Waals surface area contributed by atoms with Gasteiger partial charge in [0.25, 0.3) is 0 Å². The largest absolute Gasteiger partial charge is 0.356 e. The second-order valence-corrected chi connectivity index (χ2v) is 7.23. The Balaban J connectivity index is 1.83. The van der Waals surface area contributed by atoms with Gasteiger partial charge in [0, 0.05) is 24.8 Å². The second kappa shape index (κ2) is 6.71. The number of rotatable bonds is 3. The fourth-order valence-electron chi connectivity index (χ4n) is 3.88. The van der Waals surface area contributed by atoms with E-state index in [0.29, 0.717) is 5.02 Å². The first-order valence-corrected chi connectivity index (χ1v) is 9.62. The Kier molecular flexibility index (Phi) is 4.06. The maximum absolute atomic E-state index is 6.51. The highest BCUT2D eigenvalue weighted by atomic mass is 35.5. The molecule has 3 heterocycles. The lowest BCUT2D eigenvalue weighted by molar-refractivity contribution is 0.937.